The van der Waals surface area contributed by atoms with E-state index in [0.29, 0.717) is 6.54 Å². The van der Waals surface area contributed by atoms with Gasteiger partial charge in [-0.25, -0.2) is 0 Å². The van der Waals surface area contributed by atoms with Gasteiger partial charge in [0.15, 0.2) is 0 Å². The van der Waals surface area contributed by atoms with Crippen LogP contribution in [0.15, 0.2) is 36.9 Å². The summed E-state index contributed by atoms with van der Waals surface area (Å²) in [6.07, 6.45) is 9.46. The zero-order valence-corrected chi connectivity index (χ0v) is 16.0. The Morgan fingerprint density at radius 1 is 1.22 bits per heavy atom. The maximum absolute atomic E-state index is 12.5. The van der Waals surface area contributed by atoms with E-state index in [1.807, 2.05) is 41.2 Å². The third-order valence-electron chi connectivity index (χ3n) is 5.97. The second-order valence-corrected chi connectivity index (χ2v) is 7.71. The number of amides is 1. The number of piperidine rings is 1. The van der Waals surface area contributed by atoms with Crippen molar-refractivity contribution in [3.8, 4) is 0 Å². The molecular weight excluding hydrogens is 342 g/mol. The number of carbonyl (C=O) groups is 1. The second-order valence-electron chi connectivity index (χ2n) is 7.71. The highest BCUT2D eigenvalue weighted by molar-refractivity contribution is 5.78. The van der Waals surface area contributed by atoms with E-state index < -0.39 is 0 Å². The summed E-state index contributed by atoms with van der Waals surface area (Å²) in [5.41, 5.74) is 2.05. The molecule has 2 aliphatic rings. The second kappa shape index (κ2) is 7.40. The Bertz CT molecular complexity index is 783. The van der Waals surface area contributed by atoms with Gasteiger partial charge in [0.25, 0.3) is 0 Å². The van der Waals surface area contributed by atoms with Crippen LogP contribution in [0.2, 0.25) is 0 Å². The molecule has 4 rings (SSSR count). The Morgan fingerprint density at radius 2 is 2.04 bits per heavy atom. The first kappa shape index (κ1) is 18.1. The van der Waals surface area contributed by atoms with Gasteiger partial charge in [-0.05, 0) is 31.4 Å². The first-order valence-corrected chi connectivity index (χ1v) is 9.58. The molecule has 2 fully saturated rings. The first-order valence-electron chi connectivity index (χ1n) is 9.58. The molecule has 144 valence electrons. The maximum atomic E-state index is 12.5. The molecule has 0 bridgehead atoms. The fourth-order valence-corrected chi connectivity index (χ4v) is 4.29. The van der Waals surface area contributed by atoms with E-state index in [2.05, 4.69) is 28.1 Å². The van der Waals surface area contributed by atoms with Gasteiger partial charge >= 0.3 is 0 Å². The molecule has 2 aromatic heterocycles. The molecule has 1 amide bonds. The number of aromatic nitrogens is 3. The molecule has 2 aromatic rings. The SMILES string of the molecule is CC1N(Cc2cccnc2)C(=O)COC12CCN(Cc1cnn(C)c1)CC2. The molecule has 2 saturated heterocycles. The van der Waals surface area contributed by atoms with Crippen LogP contribution in [0.5, 0.6) is 0 Å². The van der Waals surface area contributed by atoms with Gasteiger partial charge in [-0.2, -0.15) is 5.10 Å². The number of ether oxygens (including phenoxy) is 1. The van der Waals surface area contributed by atoms with Crippen LogP contribution < -0.4 is 0 Å². The predicted octanol–water partition coefficient (Wildman–Crippen LogP) is 1.60. The van der Waals surface area contributed by atoms with Crippen LogP contribution in [0.3, 0.4) is 0 Å². The Labute approximate surface area is 159 Å². The normalized spacial score (nSPS) is 23.1. The highest BCUT2D eigenvalue weighted by Crippen LogP contribution is 2.36. The highest BCUT2D eigenvalue weighted by Gasteiger charge is 2.47. The van der Waals surface area contributed by atoms with Gasteiger partial charge in [-0.1, -0.05) is 6.07 Å². The van der Waals surface area contributed by atoms with E-state index in [1.54, 1.807) is 6.20 Å². The Balaban J connectivity index is 1.41. The molecule has 0 aromatic carbocycles. The lowest BCUT2D eigenvalue weighted by Crippen LogP contribution is -2.63. The molecule has 1 atom stereocenters. The summed E-state index contributed by atoms with van der Waals surface area (Å²) >= 11 is 0. The van der Waals surface area contributed by atoms with Crippen molar-refractivity contribution in [1.82, 2.24) is 24.6 Å². The van der Waals surface area contributed by atoms with Gasteiger partial charge in [0, 0.05) is 57.4 Å². The van der Waals surface area contributed by atoms with E-state index in [1.165, 1.54) is 5.56 Å². The van der Waals surface area contributed by atoms with Crippen LogP contribution in [-0.4, -0.2) is 61.8 Å². The number of rotatable bonds is 4. The summed E-state index contributed by atoms with van der Waals surface area (Å²) in [7, 11) is 1.94. The predicted molar refractivity (Wildman–Crippen MR) is 101 cm³/mol. The third-order valence-corrected chi connectivity index (χ3v) is 5.97. The summed E-state index contributed by atoms with van der Waals surface area (Å²) in [5, 5.41) is 4.25. The zero-order valence-electron chi connectivity index (χ0n) is 16.0. The largest absolute Gasteiger partial charge is 0.363 e. The maximum Gasteiger partial charge on any atom is 0.249 e. The third kappa shape index (κ3) is 3.75. The topological polar surface area (TPSA) is 63.5 Å². The molecule has 4 heterocycles. The Hall–Kier alpha value is -2.25. The molecule has 7 nitrogen and oxygen atoms in total. The van der Waals surface area contributed by atoms with Gasteiger partial charge in [0.1, 0.15) is 6.61 Å². The minimum atomic E-state index is -0.248. The summed E-state index contributed by atoms with van der Waals surface area (Å²) < 4.78 is 7.99. The van der Waals surface area contributed by atoms with Gasteiger partial charge in [-0.3, -0.25) is 19.4 Å². The lowest BCUT2D eigenvalue weighted by atomic mass is 9.82. The molecule has 27 heavy (non-hydrogen) atoms. The van der Waals surface area contributed by atoms with E-state index in [0.717, 1.165) is 38.0 Å². The van der Waals surface area contributed by atoms with E-state index in [-0.39, 0.29) is 24.2 Å². The van der Waals surface area contributed by atoms with Gasteiger partial charge < -0.3 is 9.64 Å². The summed E-state index contributed by atoms with van der Waals surface area (Å²) in [5.74, 6) is 0.0646. The van der Waals surface area contributed by atoms with Crippen LogP contribution in [0, 0.1) is 0 Å². The van der Waals surface area contributed by atoms with E-state index >= 15 is 0 Å². The van der Waals surface area contributed by atoms with Crippen molar-refractivity contribution in [2.45, 2.75) is 44.5 Å². The first-order chi connectivity index (χ1) is 13.1. The number of nitrogens with zero attached hydrogens (tertiary/aromatic N) is 5. The molecule has 0 N–H and O–H groups in total. The number of likely N-dealkylation sites (tertiary alicyclic amines) is 1. The van der Waals surface area contributed by atoms with Crippen LogP contribution in [0.4, 0.5) is 0 Å². The van der Waals surface area contributed by atoms with Crippen molar-refractivity contribution < 1.29 is 9.53 Å². The molecule has 1 unspecified atom stereocenters. The van der Waals surface area contributed by atoms with Crippen LogP contribution in [0.1, 0.15) is 30.9 Å². The lowest BCUT2D eigenvalue weighted by Gasteiger charge is -2.51. The van der Waals surface area contributed by atoms with Crippen molar-refractivity contribution in [3.63, 3.8) is 0 Å². The number of aryl methyl sites for hydroxylation is 1. The Morgan fingerprint density at radius 3 is 2.70 bits per heavy atom. The van der Waals surface area contributed by atoms with Gasteiger partial charge in [0.05, 0.1) is 17.8 Å². The van der Waals surface area contributed by atoms with Crippen molar-refractivity contribution in [1.29, 1.82) is 0 Å². The summed E-state index contributed by atoms with van der Waals surface area (Å²) in [6, 6.07) is 3.99. The lowest BCUT2D eigenvalue weighted by molar-refractivity contribution is -0.188. The summed E-state index contributed by atoms with van der Waals surface area (Å²) in [6.45, 7) is 5.74. The zero-order chi connectivity index (χ0) is 18.9. The molecular formula is C20H27N5O2. The number of hydrogen-bond acceptors (Lipinski definition) is 5. The molecule has 0 radical (unpaired) electrons. The highest BCUT2D eigenvalue weighted by atomic mass is 16.5. The number of pyridine rings is 1. The van der Waals surface area contributed by atoms with E-state index in [9.17, 15) is 4.79 Å². The molecule has 2 aliphatic heterocycles. The van der Waals surface area contributed by atoms with Crippen molar-refractivity contribution in [2.75, 3.05) is 19.7 Å². The van der Waals surface area contributed by atoms with Gasteiger partial charge in [-0.15, -0.1) is 0 Å². The summed E-state index contributed by atoms with van der Waals surface area (Å²) in [4.78, 5) is 21.1. The quantitative estimate of drug-likeness (QED) is 0.819. The monoisotopic (exact) mass is 369 g/mol. The van der Waals surface area contributed by atoms with E-state index in [4.69, 9.17) is 4.74 Å². The number of hydrogen-bond donors (Lipinski definition) is 0. The number of morpholine rings is 1. The van der Waals surface area contributed by atoms with Crippen molar-refractivity contribution in [2.24, 2.45) is 7.05 Å². The minimum Gasteiger partial charge on any atom is -0.363 e. The number of carbonyl (C=O) groups excluding carboxylic acids is 1. The smallest absolute Gasteiger partial charge is 0.249 e. The average Bonchev–Trinajstić information content (AvgIpc) is 3.09. The molecule has 7 heteroatoms. The average molecular weight is 369 g/mol. The van der Waals surface area contributed by atoms with Crippen LogP contribution in [-0.2, 0) is 29.7 Å². The fourth-order valence-electron chi connectivity index (χ4n) is 4.29. The standard InChI is InChI=1S/C20H27N5O2/c1-16-20(5-8-24(9-6-20)13-18-11-22-23(2)12-18)27-15-19(26)25(16)14-17-4-3-7-21-10-17/h3-4,7,10-12,16H,5-6,8-9,13-15H2,1-2H3. The van der Waals surface area contributed by atoms with Gasteiger partial charge in [0.2, 0.25) is 5.91 Å². The van der Waals surface area contributed by atoms with Crippen molar-refractivity contribution in [3.05, 3.63) is 48.0 Å². The minimum absolute atomic E-state index is 0.0551. The molecule has 0 saturated carbocycles. The van der Waals surface area contributed by atoms with Crippen LogP contribution in [0.25, 0.3) is 0 Å². The Kier molecular flexibility index (Phi) is 4.97. The van der Waals surface area contributed by atoms with Crippen LogP contribution >= 0.6 is 0 Å². The molecule has 0 aliphatic carbocycles. The van der Waals surface area contributed by atoms with Crippen molar-refractivity contribution >= 4 is 5.91 Å². The molecule has 1 spiro atoms. The fraction of sp³-hybridized carbons (Fsp3) is 0.550.